The van der Waals surface area contributed by atoms with E-state index in [2.05, 4.69) is 70.8 Å². The summed E-state index contributed by atoms with van der Waals surface area (Å²) in [6.07, 6.45) is 9.77. The van der Waals surface area contributed by atoms with Crippen LogP contribution in [0.4, 0.5) is 4.39 Å². The second-order valence-corrected chi connectivity index (χ2v) is 11.5. The number of rotatable bonds is 6. The third kappa shape index (κ3) is 6.51. The molecule has 188 valence electrons. The van der Waals surface area contributed by atoms with Crippen molar-refractivity contribution in [3.8, 4) is 0 Å². The molecule has 2 atom stereocenters. The number of hydrogen-bond donors (Lipinski definition) is 0. The summed E-state index contributed by atoms with van der Waals surface area (Å²) >= 11 is 0. The van der Waals surface area contributed by atoms with Gasteiger partial charge in [-0.15, -0.1) is 0 Å². The highest BCUT2D eigenvalue weighted by Gasteiger charge is 2.41. The maximum atomic E-state index is 14.2. The van der Waals surface area contributed by atoms with Crippen molar-refractivity contribution < 1.29 is 4.39 Å². The molecule has 0 spiro atoms. The molecular weight excluding hydrogens is 417 g/mol. The van der Waals surface area contributed by atoms with Gasteiger partial charge < -0.3 is 4.90 Å². The molecular formula is C32H48FN. The maximum absolute atomic E-state index is 14.2. The number of likely N-dealkylation sites (tertiary alicyclic amines) is 1. The van der Waals surface area contributed by atoms with E-state index in [0.29, 0.717) is 11.8 Å². The predicted molar refractivity (Wildman–Crippen MR) is 145 cm³/mol. The van der Waals surface area contributed by atoms with Gasteiger partial charge in [0, 0.05) is 0 Å². The third-order valence-corrected chi connectivity index (χ3v) is 8.44. The van der Waals surface area contributed by atoms with Crippen LogP contribution < -0.4 is 0 Å². The molecule has 2 aliphatic rings. The van der Waals surface area contributed by atoms with Crippen molar-refractivity contribution in [1.29, 1.82) is 0 Å². The Bertz CT molecular complexity index is 896. The Morgan fingerprint density at radius 3 is 2.38 bits per heavy atom. The molecule has 1 unspecified atom stereocenters. The first-order chi connectivity index (χ1) is 16.3. The Labute approximate surface area is 209 Å². The lowest BCUT2D eigenvalue weighted by atomic mass is 9.64. The van der Waals surface area contributed by atoms with Gasteiger partial charge in [0.05, 0.1) is 0 Å². The van der Waals surface area contributed by atoms with E-state index >= 15 is 0 Å². The molecule has 0 bridgehead atoms. The van der Waals surface area contributed by atoms with Crippen molar-refractivity contribution in [2.24, 2.45) is 11.8 Å². The maximum Gasteiger partial charge on any atom is 0.123 e. The lowest BCUT2D eigenvalue weighted by Gasteiger charge is -2.40. The molecule has 2 heteroatoms. The number of halogens is 1. The van der Waals surface area contributed by atoms with Crippen molar-refractivity contribution in [1.82, 2.24) is 4.90 Å². The van der Waals surface area contributed by atoms with Gasteiger partial charge in [-0.25, -0.2) is 4.39 Å². The van der Waals surface area contributed by atoms with E-state index < -0.39 is 0 Å². The van der Waals surface area contributed by atoms with E-state index in [1.54, 1.807) is 6.07 Å². The number of nitrogens with zero attached hydrogens (tertiary/aromatic N) is 1. The Balaban J connectivity index is 0.000000302. The molecule has 2 aromatic carbocycles. The van der Waals surface area contributed by atoms with E-state index in [9.17, 15) is 4.39 Å². The van der Waals surface area contributed by atoms with Gasteiger partial charge in [0.2, 0.25) is 0 Å². The normalized spacial score (nSPS) is 23.0. The van der Waals surface area contributed by atoms with Crippen LogP contribution in [0.25, 0.3) is 0 Å². The van der Waals surface area contributed by atoms with Crippen LogP contribution in [0.2, 0.25) is 0 Å². The molecule has 1 aliphatic heterocycles. The van der Waals surface area contributed by atoms with Crippen LogP contribution in [0.1, 0.15) is 108 Å². The number of hydrogen-bond acceptors (Lipinski definition) is 1. The largest absolute Gasteiger partial charge is 0.306 e. The van der Waals surface area contributed by atoms with Crippen LogP contribution in [-0.4, -0.2) is 25.0 Å². The average Bonchev–Trinajstić information content (AvgIpc) is 2.92. The molecule has 1 fully saturated rings. The first-order valence-corrected chi connectivity index (χ1v) is 13.8. The fraction of sp³-hybridized carbons (Fsp3) is 0.625. The van der Waals surface area contributed by atoms with Gasteiger partial charge in [-0.1, -0.05) is 84.2 Å². The zero-order valence-corrected chi connectivity index (χ0v) is 22.7. The number of unbranched alkanes of at least 4 members (excludes halogenated alkanes) is 1. The summed E-state index contributed by atoms with van der Waals surface area (Å²) in [6, 6.07) is 14.4. The molecule has 34 heavy (non-hydrogen) atoms. The zero-order valence-electron chi connectivity index (χ0n) is 22.7. The molecule has 2 aromatic rings. The summed E-state index contributed by atoms with van der Waals surface area (Å²) in [5.74, 6) is 1.99. The molecule has 0 N–H and O–H groups in total. The van der Waals surface area contributed by atoms with Gasteiger partial charge >= 0.3 is 0 Å². The van der Waals surface area contributed by atoms with Crippen LogP contribution in [0, 0.1) is 17.7 Å². The van der Waals surface area contributed by atoms with E-state index in [0.717, 1.165) is 25.2 Å². The molecule has 0 radical (unpaired) electrons. The second kappa shape index (κ2) is 12.3. The summed E-state index contributed by atoms with van der Waals surface area (Å²) in [5, 5.41) is 0. The molecule has 0 saturated carbocycles. The molecule has 1 heterocycles. The molecule has 1 nitrogen and oxygen atoms in total. The van der Waals surface area contributed by atoms with E-state index in [1.807, 2.05) is 12.1 Å². The number of piperidine rings is 1. The van der Waals surface area contributed by atoms with Crippen LogP contribution in [-0.2, 0) is 11.8 Å². The Kier molecular flexibility index (Phi) is 9.77. The third-order valence-electron chi connectivity index (χ3n) is 8.44. The lowest BCUT2D eigenvalue weighted by Crippen LogP contribution is -2.32. The monoisotopic (exact) mass is 465 g/mol. The highest BCUT2D eigenvalue weighted by atomic mass is 19.1. The van der Waals surface area contributed by atoms with Gasteiger partial charge in [-0.05, 0) is 110 Å². The van der Waals surface area contributed by atoms with Crippen LogP contribution in [0.3, 0.4) is 0 Å². The molecule has 1 aliphatic carbocycles. The van der Waals surface area contributed by atoms with E-state index in [-0.39, 0.29) is 11.2 Å². The minimum absolute atomic E-state index is 0.00961. The van der Waals surface area contributed by atoms with Crippen LogP contribution in [0.5, 0.6) is 0 Å². The first kappa shape index (κ1) is 26.9. The second-order valence-electron chi connectivity index (χ2n) is 11.5. The van der Waals surface area contributed by atoms with Crippen LogP contribution >= 0.6 is 0 Å². The van der Waals surface area contributed by atoms with E-state index in [4.69, 9.17) is 0 Å². The molecule has 1 saturated heterocycles. The number of benzene rings is 2. The van der Waals surface area contributed by atoms with Gasteiger partial charge in [-0.3, -0.25) is 0 Å². The van der Waals surface area contributed by atoms with Crippen LogP contribution in [0.15, 0.2) is 42.5 Å². The minimum Gasteiger partial charge on any atom is -0.306 e. The predicted octanol–water partition coefficient (Wildman–Crippen LogP) is 8.75. The summed E-state index contributed by atoms with van der Waals surface area (Å²) < 4.78 is 14.2. The van der Waals surface area contributed by atoms with Crippen molar-refractivity contribution in [3.05, 3.63) is 70.5 Å². The molecule has 0 amide bonds. The standard InChI is InChI=1S/C24H31F.C8H17N/c1-5-6-13-24(4)22-16-20(25)12-11-19(22)15-18-9-7-8-10-21(18)23(24)14-17(2)3;1-3-8-4-6-9(2)7-5-8/h7-12,16-17,23H,5-6,13-15H2,1-4H3;8H,3-7H2,1-2H3/t23-,24?;/m1./s1. The average molecular weight is 466 g/mol. The summed E-state index contributed by atoms with van der Waals surface area (Å²) in [7, 11) is 2.21. The van der Waals surface area contributed by atoms with Crippen molar-refractivity contribution in [3.63, 3.8) is 0 Å². The summed E-state index contributed by atoms with van der Waals surface area (Å²) in [4.78, 5) is 2.42. The smallest absolute Gasteiger partial charge is 0.123 e. The van der Waals surface area contributed by atoms with E-state index in [1.165, 1.54) is 67.4 Å². The SMILES string of the molecule is CCC1CCN(C)CC1.CCCCC1(C)c2cc(F)ccc2Cc2ccccc2[C@H]1CC(C)C. The lowest BCUT2D eigenvalue weighted by molar-refractivity contribution is 0.216. The topological polar surface area (TPSA) is 3.24 Å². The van der Waals surface area contributed by atoms with Crippen molar-refractivity contribution in [2.45, 2.75) is 97.3 Å². The Morgan fingerprint density at radius 1 is 1.03 bits per heavy atom. The quantitative estimate of drug-likeness (QED) is 0.412. The van der Waals surface area contributed by atoms with Crippen molar-refractivity contribution >= 4 is 0 Å². The fourth-order valence-corrected chi connectivity index (χ4v) is 6.19. The van der Waals surface area contributed by atoms with Crippen molar-refractivity contribution in [2.75, 3.05) is 20.1 Å². The minimum atomic E-state index is -0.101. The number of fused-ring (bicyclic) bond motifs is 2. The highest BCUT2D eigenvalue weighted by Crippen LogP contribution is 2.50. The summed E-state index contributed by atoms with van der Waals surface area (Å²) in [6.45, 7) is 14.2. The van der Waals surface area contributed by atoms with Gasteiger partial charge in [0.15, 0.2) is 0 Å². The zero-order chi connectivity index (χ0) is 24.7. The fourth-order valence-electron chi connectivity index (χ4n) is 6.19. The summed E-state index contributed by atoms with van der Waals surface area (Å²) in [5.41, 5.74) is 5.43. The Morgan fingerprint density at radius 2 is 1.74 bits per heavy atom. The highest BCUT2D eigenvalue weighted by molar-refractivity contribution is 5.48. The Hall–Kier alpha value is -1.67. The molecule has 4 rings (SSSR count). The first-order valence-electron chi connectivity index (χ1n) is 13.8. The molecule has 0 aromatic heterocycles. The van der Waals surface area contributed by atoms with Gasteiger partial charge in [-0.2, -0.15) is 0 Å². The van der Waals surface area contributed by atoms with Gasteiger partial charge in [0.25, 0.3) is 0 Å². The van der Waals surface area contributed by atoms with Gasteiger partial charge in [0.1, 0.15) is 5.82 Å².